The second-order valence-corrected chi connectivity index (χ2v) is 9.17. The monoisotopic (exact) mass is 489 g/mol. The lowest BCUT2D eigenvalue weighted by molar-refractivity contribution is -0.137. The molecule has 35 heavy (non-hydrogen) atoms. The largest absolute Gasteiger partial charge is 0.466 e. The van der Waals surface area contributed by atoms with Crippen LogP contribution in [-0.4, -0.2) is 31.1 Å². The number of carbonyl (C=O) groups is 2. The molecule has 3 aromatic rings. The maximum Gasteiger partial charge on any atom is 0.336 e. The smallest absolute Gasteiger partial charge is 0.336 e. The van der Waals surface area contributed by atoms with Gasteiger partial charge in [0.15, 0.2) is 5.13 Å². The number of hydrogen-bond donors (Lipinski definition) is 2. The summed E-state index contributed by atoms with van der Waals surface area (Å²) in [7, 11) is 2.66. The minimum Gasteiger partial charge on any atom is -0.466 e. The third kappa shape index (κ3) is 4.83. The van der Waals surface area contributed by atoms with Crippen molar-refractivity contribution in [3.8, 4) is 10.4 Å². The lowest BCUT2D eigenvalue weighted by atomic mass is 9.80. The van der Waals surface area contributed by atoms with Crippen LogP contribution in [-0.2, 0) is 19.1 Å². The number of aromatic nitrogens is 1. The number of thiazole rings is 1. The highest BCUT2D eigenvalue weighted by molar-refractivity contribution is 7.19. The Kier molecular flexibility index (Phi) is 7.02. The summed E-state index contributed by atoms with van der Waals surface area (Å²) in [5.74, 6) is -1.65. The average molecular weight is 490 g/mol. The average Bonchev–Trinajstić information content (AvgIpc) is 3.23. The lowest BCUT2D eigenvalue weighted by Gasteiger charge is -2.30. The Bertz CT molecular complexity index is 1300. The van der Waals surface area contributed by atoms with Crippen molar-refractivity contribution in [1.29, 1.82) is 0 Å². The first-order chi connectivity index (χ1) is 16.8. The van der Waals surface area contributed by atoms with Gasteiger partial charge in [-0.3, -0.25) is 0 Å². The van der Waals surface area contributed by atoms with E-state index in [1.807, 2.05) is 49.4 Å². The van der Waals surface area contributed by atoms with Crippen LogP contribution in [0.2, 0.25) is 0 Å². The van der Waals surface area contributed by atoms with Gasteiger partial charge in [-0.05, 0) is 44.0 Å². The Morgan fingerprint density at radius 3 is 2.14 bits per heavy atom. The normalized spacial score (nSPS) is 14.0. The molecule has 0 bridgehead atoms. The Morgan fingerprint density at radius 1 is 0.914 bits per heavy atom. The first-order valence-electron chi connectivity index (χ1n) is 11.1. The van der Waals surface area contributed by atoms with Crippen molar-refractivity contribution in [1.82, 2.24) is 10.3 Å². The molecule has 0 aliphatic carbocycles. The molecule has 0 saturated carbocycles. The Hall–Kier alpha value is -3.91. The summed E-state index contributed by atoms with van der Waals surface area (Å²) in [6.45, 7) is 5.58. The molecule has 7 nitrogen and oxygen atoms in total. The molecule has 1 aliphatic rings. The quantitative estimate of drug-likeness (QED) is 0.446. The molecule has 0 radical (unpaired) electrons. The standard InChI is InChI=1S/C27H27N3O4S/c1-15-21(25(31)33-4)23(22(16(2)28-15)26(32)34-5)19-12-9-13-20(14-19)30-27-29-17(3)24(35-27)18-10-7-6-8-11-18/h6-14,23,28H,1-5H3,(H,29,30). The van der Waals surface area contributed by atoms with E-state index in [2.05, 4.69) is 22.8 Å². The molecule has 8 heteroatoms. The van der Waals surface area contributed by atoms with Gasteiger partial charge in [0.1, 0.15) is 0 Å². The number of anilines is 2. The van der Waals surface area contributed by atoms with Gasteiger partial charge in [-0.25, -0.2) is 14.6 Å². The molecule has 1 aliphatic heterocycles. The number of aryl methyl sites for hydroxylation is 1. The third-order valence-corrected chi connectivity index (χ3v) is 7.00. The van der Waals surface area contributed by atoms with Gasteiger partial charge in [0, 0.05) is 17.1 Å². The number of methoxy groups -OCH3 is 2. The number of allylic oxidation sites excluding steroid dienone is 2. The van der Waals surface area contributed by atoms with Crippen LogP contribution in [0.5, 0.6) is 0 Å². The summed E-state index contributed by atoms with van der Waals surface area (Å²) in [4.78, 5) is 31.3. The van der Waals surface area contributed by atoms with Crippen LogP contribution in [0.15, 0.2) is 77.1 Å². The predicted octanol–water partition coefficient (Wildman–Crippen LogP) is 5.44. The van der Waals surface area contributed by atoms with Gasteiger partial charge in [0.05, 0.1) is 41.9 Å². The topological polar surface area (TPSA) is 89.5 Å². The molecule has 4 rings (SSSR count). The molecule has 180 valence electrons. The number of carbonyl (C=O) groups excluding carboxylic acids is 2. The van der Waals surface area contributed by atoms with E-state index in [-0.39, 0.29) is 0 Å². The van der Waals surface area contributed by atoms with Crippen molar-refractivity contribution in [2.75, 3.05) is 19.5 Å². The molecule has 2 N–H and O–H groups in total. The van der Waals surface area contributed by atoms with Crippen LogP contribution >= 0.6 is 11.3 Å². The molecule has 0 saturated heterocycles. The molecule has 1 aromatic heterocycles. The fourth-order valence-corrected chi connectivity index (χ4v) is 5.31. The summed E-state index contributed by atoms with van der Waals surface area (Å²) in [6, 6.07) is 17.7. The number of benzene rings is 2. The molecule has 0 fully saturated rings. The minimum absolute atomic E-state index is 0.368. The number of nitrogens with one attached hydrogen (secondary N) is 2. The summed E-state index contributed by atoms with van der Waals surface area (Å²) < 4.78 is 10.1. The van der Waals surface area contributed by atoms with Gasteiger partial charge in [0.25, 0.3) is 0 Å². The minimum atomic E-state index is -0.643. The van der Waals surface area contributed by atoms with E-state index in [4.69, 9.17) is 14.5 Å². The van der Waals surface area contributed by atoms with Gasteiger partial charge in [-0.15, -0.1) is 0 Å². The third-order valence-electron chi connectivity index (χ3n) is 5.87. The van der Waals surface area contributed by atoms with Gasteiger partial charge >= 0.3 is 11.9 Å². The van der Waals surface area contributed by atoms with Crippen LogP contribution in [0, 0.1) is 6.92 Å². The van der Waals surface area contributed by atoms with E-state index in [0.717, 1.165) is 32.5 Å². The van der Waals surface area contributed by atoms with Crippen LogP contribution in [0.3, 0.4) is 0 Å². The number of rotatable bonds is 6. The van der Waals surface area contributed by atoms with Crippen LogP contribution < -0.4 is 10.6 Å². The zero-order valence-corrected chi connectivity index (χ0v) is 21.1. The van der Waals surface area contributed by atoms with Crippen LogP contribution in [0.25, 0.3) is 10.4 Å². The second kappa shape index (κ2) is 10.1. The highest BCUT2D eigenvalue weighted by Gasteiger charge is 2.37. The van der Waals surface area contributed by atoms with E-state index in [1.54, 1.807) is 25.2 Å². The van der Waals surface area contributed by atoms with E-state index < -0.39 is 17.9 Å². The first-order valence-corrected chi connectivity index (χ1v) is 11.9. The zero-order chi connectivity index (χ0) is 25.1. The van der Waals surface area contributed by atoms with Crippen molar-refractivity contribution in [2.24, 2.45) is 0 Å². The summed E-state index contributed by atoms with van der Waals surface area (Å²) >= 11 is 1.57. The van der Waals surface area contributed by atoms with Crippen LogP contribution in [0.4, 0.5) is 10.8 Å². The molecular formula is C27H27N3O4S. The fraction of sp³-hybridized carbons (Fsp3) is 0.222. The molecule has 0 atom stereocenters. The summed E-state index contributed by atoms with van der Waals surface area (Å²) in [5.41, 5.74) is 5.61. The molecule has 0 amide bonds. The van der Waals surface area contributed by atoms with Crippen LogP contribution in [0.1, 0.15) is 31.0 Å². The molecule has 0 unspecified atom stereocenters. The van der Waals surface area contributed by atoms with Gasteiger partial charge in [0.2, 0.25) is 0 Å². The zero-order valence-electron chi connectivity index (χ0n) is 20.3. The van der Waals surface area contributed by atoms with Gasteiger partial charge < -0.3 is 20.1 Å². The highest BCUT2D eigenvalue weighted by atomic mass is 32.1. The Labute approximate surface area is 208 Å². The van der Waals surface area contributed by atoms with Gasteiger partial charge in [-0.1, -0.05) is 53.8 Å². The van der Waals surface area contributed by atoms with Crippen molar-refractivity contribution in [2.45, 2.75) is 26.7 Å². The maximum atomic E-state index is 12.8. The van der Waals surface area contributed by atoms with E-state index >= 15 is 0 Å². The number of nitrogens with zero attached hydrogens (tertiary/aromatic N) is 1. The van der Waals surface area contributed by atoms with Gasteiger partial charge in [-0.2, -0.15) is 0 Å². The SMILES string of the molecule is COC(=O)C1=C(C)NC(C)=C(C(=O)OC)C1c1cccc(Nc2nc(C)c(-c3ccccc3)s2)c1. The number of esters is 2. The Balaban J connectivity index is 1.73. The Morgan fingerprint density at radius 2 is 1.54 bits per heavy atom. The van der Waals surface area contributed by atoms with Crippen molar-refractivity contribution in [3.63, 3.8) is 0 Å². The van der Waals surface area contributed by atoms with Crippen molar-refractivity contribution in [3.05, 3.63) is 88.4 Å². The van der Waals surface area contributed by atoms with Crippen molar-refractivity contribution < 1.29 is 19.1 Å². The number of hydrogen-bond acceptors (Lipinski definition) is 8. The summed E-state index contributed by atoms with van der Waals surface area (Å²) in [5, 5.41) is 7.26. The predicted molar refractivity (Wildman–Crippen MR) is 137 cm³/mol. The maximum absolute atomic E-state index is 12.8. The number of ether oxygens (including phenoxy) is 2. The molecule has 0 spiro atoms. The second-order valence-electron chi connectivity index (χ2n) is 8.17. The van der Waals surface area contributed by atoms with Crippen molar-refractivity contribution >= 4 is 34.1 Å². The number of dihydropyridines is 1. The molecular weight excluding hydrogens is 462 g/mol. The lowest BCUT2D eigenvalue weighted by Crippen LogP contribution is -2.32. The van der Waals surface area contributed by atoms with E-state index in [1.165, 1.54) is 14.2 Å². The fourth-order valence-electron chi connectivity index (χ4n) is 4.32. The van der Waals surface area contributed by atoms with E-state index in [9.17, 15) is 9.59 Å². The highest BCUT2D eigenvalue weighted by Crippen LogP contribution is 2.40. The molecule has 2 heterocycles. The van der Waals surface area contributed by atoms with E-state index in [0.29, 0.717) is 22.5 Å². The summed E-state index contributed by atoms with van der Waals surface area (Å²) in [6.07, 6.45) is 0. The first kappa shape index (κ1) is 24.2. The molecule has 2 aromatic carbocycles.